The number of nitrogens with zero attached hydrogens (tertiary/aromatic N) is 3. The number of non-ortho nitro benzene ring substituents is 1. The van der Waals surface area contributed by atoms with Crippen LogP contribution in [0, 0.1) is 17.0 Å². The smallest absolute Gasteiger partial charge is 0.341 e. The molecule has 0 saturated carbocycles. The van der Waals surface area contributed by atoms with E-state index in [0.717, 1.165) is 4.52 Å². The Balaban J connectivity index is 2.09. The molecule has 0 radical (unpaired) electrons. The van der Waals surface area contributed by atoms with Gasteiger partial charge in [0, 0.05) is 18.6 Å². The van der Waals surface area contributed by atoms with Crippen LogP contribution < -0.4 is 5.56 Å². The van der Waals surface area contributed by atoms with Crippen molar-refractivity contribution in [3.8, 4) is 5.88 Å². The molecule has 25 heavy (non-hydrogen) atoms. The second-order valence-corrected chi connectivity index (χ2v) is 5.38. The molecule has 2 aromatic heterocycles. The lowest BCUT2D eigenvalue weighted by Crippen LogP contribution is -2.17. The summed E-state index contributed by atoms with van der Waals surface area (Å²) in [6.45, 7) is 1.45. The van der Waals surface area contributed by atoms with Crippen molar-refractivity contribution in [2.45, 2.75) is 13.3 Å². The highest BCUT2D eigenvalue weighted by atomic mass is 16.6. The summed E-state index contributed by atoms with van der Waals surface area (Å²) >= 11 is 0. The average Bonchev–Trinajstić information content (AvgIpc) is 2.88. The molecule has 0 unspecified atom stereocenters. The molecule has 128 valence electrons. The van der Waals surface area contributed by atoms with Crippen LogP contribution in [0.3, 0.4) is 0 Å². The molecule has 3 aromatic rings. The highest BCUT2D eigenvalue weighted by molar-refractivity contribution is 5.95. The molecule has 0 amide bonds. The van der Waals surface area contributed by atoms with Crippen LogP contribution in [0.15, 0.2) is 29.1 Å². The second kappa shape index (κ2) is 5.74. The van der Waals surface area contributed by atoms with Gasteiger partial charge in [-0.25, -0.2) is 4.79 Å². The highest BCUT2D eigenvalue weighted by Gasteiger charge is 2.22. The topological polar surface area (TPSA) is 151 Å². The van der Waals surface area contributed by atoms with Crippen LogP contribution in [-0.4, -0.2) is 35.7 Å². The number of aromatic hydroxyl groups is 1. The second-order valence-electron chi connectivity index (χ2n) is 5.38. The SMILES string of the molecule is Cc1nn2c(O)c(Cc3ccc([N+](=O)[O-])cc3)c(=O)[nH]c2c1C(=O)O. The lowest BCUT2D eigenvalue weighted by molar-refractivity contribution is -0.384. The number of rotatable bonds is 4. The van der Waals surface area contributed by atoms with Crippen molar-refractivity contribution < 1.29 is 19.9 Å². The lowest BCUT2D eigenvalue weighted by atomic mass is 10.1. The molecule has 0 aliphatic carbocycles. The number of nitrogens with one attached hydrogen (secondary N) is 1. The number of aromatic amines is 1. The number of carboxylic acids is 1. The van der Waals surface area contributed by atoms with Crippen LogP contribution in [0.1, 0.15) is 27.2 Å². The number of nitro groups is 1. The predicted octanol–water partition coefficient (Wildman–Crippen LogP) is 1.23. The number of H-pyrrole nitrogens is 1. The first-order valence-corrected chi connectivity index (χ1v) is 7.09. The molecule has 0 aliphatic rings. The van der Waals surface area contributed by atoms with Crippen molar-refractivity contribution in [3.05, 3.63) is 67.1 Å². The van der Waals surface area contributed by atoms with Crippen LogP contribution in [-0.2, 0) is 6.42 Å². The quantitative estimate of drug-likeness (QED) is 0.475. The molecule has 3 N–H and O–H groups in total. The van der Waals surface area contributed by atoms with E-state index in [2.05, 4.69) is 10.1 Å². The Labute approximate surface area is 139 Å². The van der Waals surface area contributed by atoms with Gasteiger partial charge in [-0.05, 0) is 12.5 Å². The zero-order chi connectivity index (χ0) is 18.3. The first-order chi connectivity index (χ1) is 11.8. The summed E-state index contributed by atoms with van der Waals surface area (Å²) in [5, 5.41) is 34.1. The van der Waals surface area contributed by atoms with E-state index in [-0.39, 0.29) is 34.6 Å². The fourth-order valence-electron chi connectivity index (χ4n) is 2.56. The summed E-state index contributed by atoms with van der Waals surface area (Å²) in [5.74, 6) is -1.75. The van der Waals surface area contributed by atoms with Gasteiger partial charge in [0.15, 0.2) is 5.65 Å². The van der Waals surface area contributed by atoms with Gasteiger partial charge in [0.05, 0.1) is 16.2 Å². The number of carboxylic acid groups (broad SMARTS) is 1. The molecular formula is C15H12N4O6. The van der Waals surface area contributed by atoms with Gasteiger partial charge in [-0.15, -0.1) is 0 Å². The molecule has 2 heterocycles. The van der Waals surface area contributed by atoms with Crippen molar-refractivity contribution in [2.24, 2.45) is 0 Å². The minimum Gasteiger partial charge on any atom is -0.493 e. The van der Waals surface area contributed by atoms with E-state index in [9.17, 15) is 29.9 Å². The number of fused-ring (bicyclic) bond motifs is 1. The summed E-state index contributed by atoms with van der Waals surface area (Å²) < 4.78 is 0.959. The molecule has 0 spiro atoms. The van der Waals surface area contributed by atoms with Crippen LogP contribution in [0.2, 0.25) is 0 Å². The maximum absolute atomic E-state index is 12.3. The summed E-state index contributed by atoms with van der Waals surface area (Å²) in [4.78, 5) is 36.1. The van der Waals surface area contributed by atoms with Gasteiger partial charge >= 0.3 is 5.97 Å². The zero-order valence-corrected chi connectivity index (χ0v) is 12.9. The third-order valence-corrected chi connectivity index (χ3v) is 3.78. The minimum absolute atomic E-state index is 0.00356. The summed E-state index contributed by atoms with van der Waals surface area (Å²) in [6.07, 6.45) is -0.00356. The van der Waals surface area contributed by atoms with Gasteiger partial charge in [-0.1, -0.05) is 12.1 Å². The molecule has 3 rings (SSSR count). The van der Waals surface area contributed by atoms with Crippen LogP contribution in [0.4, 0.5) is 5.69 Å². The molecule has 0 fully saturated rings. The molecule has 0 bridgehead atoms. The molecule has 10 heteroatoms. The number of aromatic nitrogens is 3. The van der Waals surface area contributed by atoms with E-state index >= 15 is 0 Å². The van der Waals surface area contributed by atoms with Crippen LogP contribution in [0.25, 0.3) is 5.65 Å². The normalized spacial score (nSPS) is 10.9. The van der Waals surface area contributed by atoms with E-state index in [0.29, 0.717) is 5.56 Å². The number of carbonyl (C=O) groups is 1. The summed E-state index contributed by atoms with van der Waals surface area (Å²) in [5.41, 5.74) is -0.383. The Bertz CT molecular complexity index is 1060. The predicted molar refractivity (Wildman–Crippen MR) is 85.1 cm³/mol. The van der Waals surface area contributed by atoms with Gasteiger partial charge in [-0.2, -0.15) is 9.61 Å². The Morgan fingerprint density at radius 3 is 2.56 bits per heavy atom. The molecule has 0 atom stereocenters. The first kappa shape index (κ1) is 16.2. The zero-order valence-electron chi connectivity index (χ0n) is 12.9. The van der Waals surface area contributed by atoms with E-state index in [1.54, 1.807) is 0 Å². The van der Waals surface area contributed by atoms with Gasteiger partial charge in [-0.3, -0.25) is 14.9 Å². The van der Waals surface area contributed by atoms with Crippen molar-refractivity contribution in [3.63, 3.8) is 0 Å². The summed E-state index contributed by atoms with van der Waals surface area (Å²) in [6, 6.07) is 5.52. The van der Waals surface area contributed by atoms with Crippen LogP contribution >= 0.6 is 0 Å². The largest absolute Gasteiger partial charge is 0.493 e. The Hall–Kier alpha value is -3.69. The molecule has 0 aliphatic heterocycles. The van der Waals surface area contributed by atoms with Crippen molar-refractivity contribution in [1.29, 1.82) is 0 Å². The first-order valence-electron chi connectivity index (χ1n) is 7.09. The molecule has 10 nitrogen and oxygen atoms in total. The highest BCUT2D eigenvalue weighted by Crippen LogP contribution is 2.22. The molecular weight excluding hydrogens is 332 g/mol. The average molecular weight is 344 g/mol. The number of hydrogen-bond acceptors (Lipinski definition) is 6. The van der Waals surface area contributed by atoms with Crippen molar-refractivity contribution in [1.82, 2.24) is 14.6 Å². The van der Waals surface area contributed by atoms with E-state index in [4.69, 9.17) is 0 Å². The fraction of sp³-hybridized carbons (Fsp3) is 0.133. The number of aryl methyl sites for hydroxylation is 1. The fourth-order valence-corrected chi connectivity index (χ4v) is 2.56. The van der Waals surface area contributed by atoms with Gasteiger partial charge in [0.1, 0.15) is 5.56 Å². The number of aromatic carboxylic acids is 1. The van der Waals surface area contributed by atoms with E-state index in [1.807, 2.05) is 0 Å². The third-order valence-electron chi connectivity index (χ3n) is 3.78. The van der Waals surface area contributed by atoms with Crippen LogP contribution in [0.5, 0.6) is 5.88 Å². The Morgan fingerprint density at radius 2 is 2.00 bits per heavy atom. The monoisotopic (exact) mass is 344 g/mol. The van der Waals surface area contributed by atoms with E-state index < -0.39 is 22.3 Å². The lowest BCUT2D eigenvalue weighted by Gasteiger charge is -2.06. The minimum atomic E-state index is -1.27. The van der Waals surface area contributed by atoms with Crippen molar-refractivity contribution in [2.75, 3.05) is 0 Å². The summed E-state index contributed by atoms with van der Waals surface area (Å²) in [7, 11) is 0. The van der Waals surface area contributed by atoms with Gasteiger partial charge in [0.2, 0.25) is 5.88 Å². The Kier molecular flexibility index (Phi) is 3.72. The van der Waals surface area contributed by atoms with Gasteiger partial charge < -0.3 is 15.2 Å². The van der Waals surface area contributed by atoms with Gasteiger partial charge in [0.25, 0.3) is 11.2 Å². The Morgan fingerprint density at radius 1 is 1.36 bits per heavy atom. The molecule has 1 aromatic carbocycles. The number of hydrogen-bond donors (Lipinski definition) is 3. The number of benzene rings is 1. The van der Waals surface area contributed by atoms with Crippen molar-refractivity contribution >= 4 is 17.3 Å². The molecule has 0 saturated heterocycles. The maximum atomic E-state index is 12.3. The standard InChI is InChI=1S/C15H12N4O6/c1-7-11(15(22)23)12-16-13(20)10(14(21)18(12)17-7)6-8-2-4-9(5-3-8)19(24)25/h2-5,21H,6H2,1H3,(H,16,20)(H,22,23). The third kappa shape index (κ3) is 2.69. The maximum Gasteiger partial charge on any atom is 0.341 e. The van der Waals surface area contributed by atoms with E-state index in [1.165, 1.54) is 31.2 Å². The number of nitro benzene ring substituents is 1.